The molecule has 1 aromatic rings. The molecule has 0 amide bonds. The second kappa shape index (κ2) is 5.99. The highest BCUT2D eigenvalue weighted by Gasteiger charge is 2.02. The van der Waals surface area contributed by atoms with Crippen LogP contribution in [0.5, 0.6) is 0 Å². The Hall–Kier alpha value is -0.600. The van der Waals surface area contributed by atoms with E-state index >= 15 is 0 Å². The molecule has 0 aliphatic rings. The fourth-order valence-corrected chi connectivity index (χ4v) is 1.61. The Balaban J connectivity index is 2.64. The van der Waals surface area contributed by atoms with Gasteiger partial charge in [0.15, 0.2) is 0 Å². The molecule has 76 valence electrons. The highest BCUT2D eigenvalue weighted by atomic mass is 79.9. The van der Waals surface area contributed by atoms with Gasteiger partial charge in [0.2, 0.25) is 0 Å². The Morgan fingerprint density at radius 2 is 2.29 bits per heavy atom. The lowest BCUT2D eigenvalue weighted by Crippen LogP contribution is -1.92. The largest absolute Gasteiger partial charge is 0.384 e. The van der Waals surface area contributed by atoms with Gasteiger partial charge in [-0.1, -0.05) is 53.6 Å². The van der Waals surface area contributed by atoms with E-state index in [4.69, 9.17) is 0 Å². The summed E-state index contributed by atoms with van der Waals surface area (Å²) < 4.78 is 0.998. The summed E-state index contributed by atoms with van der Waals surface area (Å²) in [7, 11) is 0. The molecule has 1 unspecified atom stereocenters. The van der Waals surface area contributed by atoms with Crippen LogP contribution in [-0.2, 0) is 0 Å². The van der Waals surface area contributed by atoms with E-state index in [-0.39, 0.29) is 0 Å². The summed E-state index contributed by atoms with van der Waals surface area (Å²) in [5.41, 5.74) is 0.923. The van der Waals surface area contributed by atoms with Crippen molar-refractivity contribution in [3.05, 3.63) is 46.5 Å². The zero-order chi connectivity index (χ0) is 10.4. The van der Waals surface area contributed by atoms with E-state index in [9.17, 15) is 5.11 Å². The third-order valence-electron chi connectivity index (χ3n) is 1.96. The number of rotatable bonds is 4. The van der Waals surface area contributed by atoms with Gasteiger partial charge in [-0.2, -0.15) is 0 Å². The Morgan fingerprint density at radius 3 is 2.93 bits per heavy atom. The van der Waals surface area contributed by atoms with E-state index in [2.05, 4.69) is 22.9 Å². The smallest absolute Gasteiger partial charge is 0.0972 e. The third kappa shape index (κ3) is 3.64. The normalized spacial score (nSPS) is 13.4. The molecule has 1 nitrogen and oxygen atoms in total. The first-order chi connectivity index (χ1) is 6.74. The minimum atomic E-state index is -0.487. The highest BCUT2D eigenvalue weighted by Crippen LogP contribution is 2.19. The van der Waals surface area contributed by atoms with Crippen molar-refractivity contribution in [2.75, 3.05) is 0 Å². The number of aliphatic hydroxyl groups is 1. The molecule has 0 saturated carbocycles. The Labute approximate surface area is 93.6 Å². The maximum Gasteiger partial charge on any atom is 0.0972 e. The van der Waals surface area contributed by atoms with Crippen LogP contribution in [0.2, 0.25) is 0 Å². The minimum Gasteiger partial charge on any atom is -0.384 e. The van der Waals surface area contributed by atoms with Crippen LogP contribution in [0.1, 0.15) is 31.4 Å². The number of unbranched alkanes of at least 4 members (excludes halogenated alkanes) is 1. The van der Waals surface area contributed by atoms with Crippen molar-refractivity contribution in [3.63, 3.8) is 0 Å². The summed E-state index contributed by atoms with van der Waals surface area (Å²) in [4.78, 5) is 0. The van der Waals surface area contributed by atoms with Crippen molar-refractivity contribution >= 4 is 15.9 Å². The molecular weight excluding hydrogens is 240 g/mol. The van der Waals surface area contributed by atoms with Crippen LogP contribution in [0.15, 0.2) is 40.9 Å². The summed E-state index contributed by atoms with van der Waals surface area (Å²) in [5.74, 6) is 0. The zero-order valence-corrected chi connectivity index (χ0v) is 9.87. The van der Waals surface area contributed by atoms with Gasteiger partial charge < -0.3 is 5.11 Å². The van der Waals surface area contributed by atoms with E-state index in [0.717, 1.165) is 22.9 Å². The van der Waals surface area contributed by atoms with Crippen molar-refractivity contribution in [3.8, 4) is 0 Å². The second-order valence-corrected chi connectivity index (χ2v) is 4.13. The van der Waals surface area contributed by atoms with Crippen LogP contribution >= 0.6 is 15.9 Å². The molecule has 0 spiro atoms. The van der Waals surface area contributed by atoms with Crippen LogP contribution in [-0.4, -0.2) is 5.11 Å². The summed E-state index contributed by atoms with van der Waals surface area (Å²) >= 11 is 3.38. The van der Waals surface area contributed by atoms with E-state index in [1.807, 2.05) is 36.4 Å². The number of hydrogen-bond donors (Lipinski definition) is 1. The van der Waals surface area contributed by atoms with Gasteiger partial charge in [0.05, 0.1) is 6.10 Å². The van der Waals surface area contributed by atoms with Crippen LogP contribution < -0.4 is 0 Å². The molecule has 1 N–H and O–H groups in total. The molecule has 2 heteroatoms. The zero-order valence-electron chi connectivity index (χ0n) is 8.28. The summed E-state index contributed by atoms with van der Waals surface area (Å²) in [6, 6.07) is 7.73. The highest BCUT2D eigenvalue weighted by molar-refractivity contribution is 9.10. The SMILES string of the molecule is CCC/C=C/C(O)c1cccc(Br)c1. The molecule has 0 aromatic heterocycles. The number of allylic oxidation sites excluding steroid dienone is 1. The molecule has 1 aromatic carbocycles. The molecule has 1 rings (SSSR count). The van der Waals surface area contributed by atoms with Gasteiger partial charge in [-0.05, 0) is 24.1 Å². The number of benzene rings is 1. The van der Waals surface area contributed by atoms with Crippen LogP contribution in [0.4, 0.5) is 0 Å². The molecule has 0 bridgehead atoms. The average Bonchev–Trinajstić information content (AvgIpc) is 2.18. The van der Waals surface area contributed by atoms with Crippen LogP contribution in [0, 0.1) is 0 Å². The second-order valence-electron chi connectivity index (χ2n) is 3.22. The molecule has 1 atom stereocenters. The van der Waals surface area contributed by atoms with E-state index in [0.29, 0.717) is 0 Å². The Morgan fingerprint density at radius 1 is 1.50 bits per heavy atom. The summed E-state index contributed by atoms with van der Waals surface area (Å²) in [6.45, 7) is 2.12. The first-order valence-corrected chi connectivity index (χ1v) is 5.63. The van der Waals surface area contributed by atoms with Gasteiger partial charge >= 0.3 is 0 Å². The monoisotopic (exact) mass is 254 g/mol. The Kier molecular flexibility index (Phi) is 4.91. The van der Waals surface area contributed by atoms with Gasteiger partial charge in [0.25, 0.3) is 0 Å². The molecular formula is C12H15BrO. The summed E-state index contributed by atoms with van der Waals surface area (Å²) in [5, 5.41) is 9.76. The van der Waals surface area contributed by atoms with Crippen molar-refractivity contribution < 1.29 is 5.11 Å². The topological polar surface area (TPSA) is 20.2 Å². The molecule has 0 aliphatic heterocycles. The summed E-state index contributed by atoms with van der Waals surface area (Å²) in [6.07, 6.45) is 5.50. The molecule has 0 radical (unpaired) electrons. The lowest BCUT2D eigenvalue weighted by Gasteiger charge is -2.05. The van der Waals surface area contributed by atoms with Crippen LogP contribution in [0.25, 0.3) is 0 Å². The molecule has 0 aliphatic carbocycles. The van der Waals surface area contributed by atoms with Crippen LogP contribution in [0.3, 0.4) is 0 Å². The standard InChI is InChI=1S/C12H15BrO/c1-2-3-4-8-12(14)10-6-5-7-11(13)9-10/h4-9,12,14H,2-3H2,1H3/b8-4+. The maximum absolute atomic E-state index is 9.76. The van der Waals surface area contributed by atoms with Gasteiger partial charge in [-0.3, -0.25) is 0 Å². The third-order valence-corrected chi connectivity index (χ3v) is 2.46. The lowest BCUT2D eigenvalue weighted by atomic mass is 10.1. The fraction of sp³-hybridized carbons (Fsp3) is 0.333. The minimum absolute atomic E-state index is 0.487. The molecule has 14 heavy (non-hydrogen) atoms. The van der Waals surface area contributed by atoms with Gasteiger partial charge in [0.1, 0.15) is 0 Å². The quantitative estimate of drug-likeness (QED) is 0.810. The average molecular weight is 255 g/mol. The van der Waals surface area contributed by atoms with E-state index in [1.165, 1.54) is 0 Å². The van der Waals surface area contributed by atoms with Crippen molar-refractivity contribution in [2.24, 2.45) is 0 Å². The molecule has 0 fully saturated rings. The Bertz CT molecular complexity index is 307. The lowest BCUT2D eigenvalue weighted by molar-refractivity contribution is 0.228. The predicted octanol–water partition coefficient (Wildman–Crippen LogP) is 3.84. The van der Waals surface area contributed by atoms with E-state index < -0.39 is 6.10 Å². The van der Waals surface area contributed by atoms with E-state index in [1.54, 1.807) is 0 Å². The molecule has 0 saturated heterocycles. The van der Waals surface area contributed by atoms with Gasteiger partial charge in [0, 0.05) is 4.47 Å². The van der Waals surface area contributed by atoms with Gasteiger partial charge in [-0.25, -0.2) is 0 Å². The van der Waals surface area contributed by atoms with Gasteiger partial charge in [-0.15, -0.1) is 0 Å². The first kappa shape index (κ1) is 11.5. The van der Waals surface area contributed by atoms with Crippen molar-refractivity contribution in [2.45, 2.75) is 25.9 Å². The predicted molar refractivity (Wildman–Crippen MR) is 63.1 cm³/mol. The van der Waals surface area contributed by atoms with Crippen molar-refractivity contribution in [1.29, 1.82) is 0 Å². The first-order valence-electron chi connectivity index (χ1n) is 4.84. The van der Waals surface area contributed by atoms with Crippen molar-refractivity contribution in [1.82, 2.24) is 0 Å². The molecule has 0 heterocycles. The number of hydrogen-bond acceptors (Lipinski definition) is 1. The maximum atomic E-state index is 9.76. The number of halogens is 1. The fourth-order valence-electron chi connectivity index (χ4n) is 1.19. The number of aliphatic hydroxyl groups excluding tert-OH is 1.